The zero-order valence-electron chi connectivity index (χ0n) is 25.9. The maximum atomic E-state index is 14.7. The molecular formula is C40H30Cl2N2O4. The number of nitrogens with zero attached hydrogens (tertiary/aromatic N) is 1. The number of carbonyl (C=O) groups excluding carboxylic acids is 3. The molecule has 0 saturated carbocycles. The van der Waals surface area contributed by atoms with Crippen LogP contribution in [0.2, 0.25) is 0 Å². The fourth-order valence-corrected chi connectivity index (χ4v) is 8.86. The van der Waals surface area contributed by atoms with E-state index >= 15 is 0 Å². The summed E-state index contributed by atoms with van der Waals surface area (Å²) >= 11 is 15.3. The third-order valence-electron chi connectivity index (χ3n) is 9.95. The fourth-order valence-electron chi connectivity index (χ4n) is 7.76. The lowest BCUT2D eigenvalue weighted by Gasteiger charge is -2.54. The van der Waals surface area contributed by atoms with Gasteiger partial charge in [0, 0.05) is 12.1 Å². The summed E-state index contributed by atoms with van der Waals surface area (Å²) in [5, 5.41) is 2.95. The number of imide groups is 1. The molecule has 5 aromatic carbocycles. The largest absolute Gasteiger partial charge is 0.457 e. The minimum Gasteiger partial charge on any atom is -0.457 e. The van der Waals surface area contributed by atoms with E-state index in [4.69, 9.17) is 27.9 Å². The van der Waals surface area contributed by atoms with Crippen molar-refractivity contribution in [2.75, 3.05) is 5.32 Å². The zero-order chi connectivity index (χ0) is 33.2. The Morgan fingerprint density at radius 3 is 1.71 bits per heavy atom. The molecule has 3 aliphatic carbocycles. The Balaban J connectivity index is 1.16. The summed E-state index contributed by atoms with van der Waals surface area (Å²) in [4.78, 5) is 42.1. The molecule has 0 radical (unpaired) electrons. The molecule has 3 atom stereocenters. The molecule has 5 aromatic rings. The van der Waals surface area contributed by atoms with E-state index in [1.807, 2.05) is 110 Å². The monoisotopic (exact) mass is 672 g/mol. The number of hydrogen-bond donors (Lipinski definition) is 1. The molecule has 238 valence electrons. The van der Waals surface area contributed by atoms with E-state index < -0.39 is 45.3 Å². The van der Waals surface area contributed by atoms with Gasteiger partial charge in [0.15, 0.2) is 0 Å². The second kappa shape index (κ2) is 11.4. The van der Waals surface area contributed by atoms with Gasteiger partial charge in [-0.15, -0.1) is 23.2 Å². The van der Waals surface area contributed by atoms with Crippen LogP contribution in [0.1, 0.15) is 33.4 Å². The van der Waals surface area contributed by atoms with Gasteiger partial charge in [-0.1, -0.05) is 97.1 Å². The van der Waals surface area contributed by atoms with Gasteiger partial charge in [0.05, 0.1) is 11.8 Å². The van der Waals surface area contributed by atoms with Crippen molar-refractivity contribution in [1.82, 2.24) is 4.90 Å². The van der Waals surface area contributed by atoms with Crippen LogP contribution in [0.3, 0.4) is 0 Å². The minimum atomic E-state index is -1.34. The molecule has 1 fully saturated rings. The zero-order valence-corrected chi connectivity index (χ0v) is 27.4. The Hall–Kier alpha value is -4.91. The highest BCUT2D eigenvalue weighted by atomic mass is 35.5. The van der Waals surface area contributed by atoms with Gasteiger partial charge in [0.1, 0.15) is 27.3 Å². The predicted molar refractivity (Wildman–Crippen MR) is 185 cm³/mol. The molecule has 9 rings (SSSR count). The number of carbonyl (C=O) groups is 3. The molecule has 8 heteroatoms. The molecule has 2 bridgehead atoms. The number of amides is 3. The number of halogens is 2. The molecule has 1 heterocycles. The van der Waals surface area contributed by atoms with Crippen molar-refractivity contribution in [3.63, 3.8) is 0 Å². The first-order valence-electron chi connectivity index (χ1n) is 15.9. The molecule has 0 unspecified atom stereocenters. The van der Waals surface area contributed by atoms with Crippen molar-refractivity contribution in [1.29, 1.82) is 0 Å². The van der Waals surface area contributed by atoms with Gasteiger partial charge in [-0.05, 0) is 70.6 Å². The molecule has 3 amide bonds. The van der Waals surface area contributed by atoms with Gasteiger partial charge in [-0.2, -0.15) is 0 Å². The fraction of sp³-hybridized carbons (Fsp3) is 0.175. The standard InChI is InChI=1S/C40H30Cl2N2O4/c1-24-11-5-10-18-33(24)48-27-21-19-26(20-22-27)43-36(45)32(23-25-12-3-2-4-13-25)44-37(46)34-35(38(44)47)40(42)29-15-7-6-14-28(29)39(34,41)30-16-8-9-17-31(30)40/h2-22,32,34-35H,23H2,1H3,(H,43,45)/t32-,34-,35+,39?,40?/m0/s1. The van der Waals surface area contributed by atoms with Gasteiger partial charge < -0.3 is 10.1 Å². The van der Waals surface area contributed by atoms with E-state index in [0.717, 1.165) is 21.8 Å². The van der Waals surface area contributed by atoms with E-state index in [0.29, 0.717) is 33.7 Å². The van der Waals surface area contributed by atoms with E-state index in [9.17, 15) is 14.4 Å². The van der Waals surface area contributed by atoms with Crippen LogP contribution < -0.4 is 10.1 Å². The first-order valence-corrected chi connectivity index (χ1v) is 16.6. The topological polar surface area (TPSA) is 75.7 Å². The smallest absolute Gasteiger partial charge is 0.248 e. The van der Waals surface area contributed by atoms with Crippen molar-refractivity contribution >= 4 is 46.6 Å². The number of aryl methyl sites for hydroxylation is 1. The number of rotatable bonds is 7. The molecule has 1 N–H and O–H groups in total. The average molecular weight is 674 g/mol. The Morgan fingerprint density at radius 1 is 0.708 bits per heavy atom. The summed E-state index contributed by atoms with van der Waals surface area (Å²) in [6.07, 6.45) is 0.114. The molecule has 48 heavy (non-hydrogen) atoms. The number of ether oxygens (including phenoxy) is 1. The summed E-state index contributed by atoms with van der Waals surface area (Å²) in [6.45, 7) is 1.97. The highest BCUT2D eigenvalue weighted by Gasteiger charge is 2.73. The first-order chi connectivity index (χ1) is 23.2. The molecule has 1 saturated heterocycles. The van der Waals surface area contributed by atoms with Gasteiger partial charge in [0.25, 0.3) is 0 Å². The third kappa shape index (κ3) is 4.43. The summed E-state index contributed by atoms with van der Waals surface area (Å²) < 4.78 is 6.02. The van der Waals surface area contributed by atoms with E-state index in [1.165, 1.54) is 0 Å². The lowest BCUT2D eigenvalue weighted by Crippen LogP contribution is -2.57. The maximum Gasteiger partial charge on any atom is 0.248 e. The molecular weight excluding hydrogens is 643 g/mol. The quantitative estimate of drug-likeness (QED) is 0.141. The Bertz CT molecular complexity index is 1980. The van der Waals surface area contributed by atoms with Crippen LogP contribution in [0.15, 0.2) is 127 Å². The summed E-state index contributed by atoms with van der Waals surface area (Å²) in [7, 11) is 0. The highest BCUT2D eigenvalue weighted by Crippen LogP contribution is 2.69. The van der Waals surface area contributed by atoms with Crippen LogP contribution in [-0.4, -0.2) is 28.7 Å². The van der Waals surface area contributed by atoms with Crippen LogP contribution in [0.5, 0.6) is 11.5 Å². The van der Waals surface area contributed by atoms with E-state index in [-0.39, 0.29) is 6.42 Å². The van der Waals surface area contributed by atoms with Crippen LogP contribution >= 0.6 is 23.2 Å². The minimum absolute atomic E-state index is 0.114. The average Bonchev–Trinajstić information content (AvgIpc) is 3.38. The second-order valence-electron chi connectivity index (χ2n) is 12.6. The SMILES string of the molecule is Cc1ccccc1Oc1ccc(NC(=O)[C@H](Cc2ccccc2)N2C(=O)[C@@H]3[C@H](C2=O)C2(Cl)c4ccccc4C3(Cl)c3ccccc32)cc1. The van der Waals surface area contributed by atoms with Gasteiger partial charge in [-0.25, -0.2) is 0 Å². The van der Waals surface area contributed by atoms with Crippen LogP contribution in [0.25, 0.3) is 0 Å². The van der Waals surface area contributed by atoms with Crippen LogP contribution in [-0.2, 0) is 30.6 Å². The van der Waals surface area contributed by atoms with E-state index in [1.54, 1.807) is 24.3 Å². The van der Waals surface area contributed by atoms with Crippen molar-refractivity contribution in [3.05, 3.63) is 161 Å². The summed E-state index contributed by atoms with van der Waals surface area (Å²) in [6, 6.07) is 37.9. The summed E-state index contributed by atoms with van der Waals surface area (Å²) in [5.74, 6) is -2.18. The van der Waals surface area contributed by atoms with Gasteiger partial charge in [-0.3, -0.25) is 19.3 Å². The molecule has 6 nitrogen and oxygen atoms in total. The van der Waals surface area contributed by atoms with Crippen molar-refractivity contribution < 1.29 is 19.1 Å². The van der Waals surface area contributed by atoms with Gasteiger partial charge >= 0.3 is 0 Å². The number of para-hydroxylation sites is 1. The lowest BCUT2D eigenvalue weighted by molar-refractivity contribution is -0.146. The number of hydrogen-bond acceptors (Lipinski definition) is 4. The second-order valence-corrected chi connectivity index (χ2v) is 13.8. The number of likely N-dealkylation sites (tertiary alicyclic amines) is 1. The first kappa shape index (κ1) is 30.4. The lowest BCUT2D eigenvalue weighted by atomic mass is 9.54. The molecule has 0 aromatic heterocycles. The Morgan fingerprint density at radius 2 is 1.19 bits per heavy atom. The van der Waals surface area contributed by atoms with Crippen molar-refractivity contribution in [3.8, 4) is 11.5 Å². The van der Waals surface area contributed by atoms with Crippen molar-refractivity contribution in [2.24, 2.45) is 11.8 Å². The number of nitrogens with one attached hydrogen (secondary N) is 1. The summed E-state index contributed by atoms with van der Waals surface area (Å²) in [5.41, 5.74) is 5.13. The number of alkyl halides is 2. The molecule has 4 aliphatic rings. The third-order valence-corrected chi connectivity index (χ3v) is 11.2. The Kier molecular flexibility index (Phi) is 7.20. The van der Waals surface area contributed by atoms with Crippen molar-refractivity contribution in [2.45, 2.75) is 29.1 Å². The highest BCUT2D eigenvalue weighted by molar-refractivity contribution is 6.36. The number of anilines is 1. The normalized spacial score (nSPS) is 24.0. The number of benzene rings is 5. The van der Waals surface area contributed by atoms with Gasteiger partial charge in [0.2, 0.25) is 17.7 Å². The molecule has 0 spiro atoms. The van der Waals surface area contributed by atoms with E-state index in [2.05, 4.69) is 5.32 Å². The predicted octanol–water partition coefficient (Wildman–Crippen LogP) is 7.93. The Labute approximate surface area is 288 Å². The maximum absolute atomic E-state index is 14.7. The van der Waals surface area contributed by atoms with Crippen LogP contribution in [0, 0.1) is 18.8 Å². The van der Waals surface area contributed by atoms with Crippen LogP contribution in [0.4, 0.5) is 5.69 Å². The molecule has 1 aliphatic heterocycles.